The Morgan fingerprint density at radius 2 is 1.83 bits per heavy atom. The molecule has 4 heteroatoms. The van der Waals surface area contributed by atoms with E-state index < -0.39 is 0 Å². The van der Waals surface area contributed by atoms with Crippen molar-refractivity contribution in [2.45, 2.75) is 6.61 Å². The monoisotopic (exact) mass is 323 g/mol. The predicted molar refractivity (Wildman–Crippen MR) is 97.2 cm³/mol. The molecule has 0 radical (unpaired) electrons. The van der Waals surface area contributed by atoms with Crippen LogP contribution in [-0.4, -0.2) is 12.1 Å². The molecule has 3 aromatic rings. The second kappa shape index (κ2) is 6.67. The van der Waals surface area contributed by atoms with E-state index in [1.165, 1.54) is 10.8 Å². The van der Waals surface area contributed by atoms with Crippen LogP contribution in [0.1, 0.15) is 11.1 Å². The molecule has 0 aromatic heterocycles. The summed E-state index contributed by atoms with van der Waals surface area (Å²) in [5, 5.41) is 2.36. The molecule has 116 valence electrons. The van der Waals surface area contributed by atoms with Gasteiger partial charge in [-0.05, 0) is 28.5 Å². The molecule has 0 aliphatic rings. The largest absolute Gasteiger partial charge is 0.497 e. The normalized spacial score (nSPS) is 10.5. The number of rotatable bonds is 5. The minimum atomic E-state index is 0.306. The molecule has 23 heavy (non-hydrogen) atoms. The predicted octanol–water partition coefficient (Wildman–Crippen LogP) is 4.06. The highest BCUT2D eigenvalue weighted by Crippen LogP contribution is 2.27. The highest BCUT2D eigenvalue weighted by Gasteiger charge is 2.09. The van der Waals surface area contributed by atoms with E-state index in [0.717, 1.165) is 5.56 Å². The van der Waals surface area contributed by atoms with Crippen LogP contribution in [0.3, 0.4) is 0 Å². The third-order valence-corrected chi connectivity index (χ3v) is 3.94. The lowest BCUT2D eigenvalue weighted by Crippen LogP contribution is -2.12. The van der Waals surface area contributed by atoms with Gasteiger partial charge in [-0.1, -0.05) is 54.7 Å². The molecule has 0 fully saturated rings. The third-order valence-electron chi connectivity index (χ3n) is 3.72. The summed E-state index contributed by atoms with van der Waals surface area (Å²) in [7, 11) is 1.62. The number of fused-ring (bicyclic) bond motifs is 1. The molecule has 0 aliphatic carbocycles. The maximum atomic E-state index is 5.99. The molecule has 0 spiro atoms. The molecule has 3 aromatic carbocycles. The first-order valence-electron chi connectivity index (χ1n) is 7.26. The van der Waals surface area contributed by atoms with E-state index in [1.54, 1.807) is 13.2 Å². The lowest BCUT2D eigenvalue weighted by atomic mass is 10.1. The number of hydrogen-bond acceptors (Lipinski definition) is 3. The number of hydrogen-bond donors (Lipinski definition) is 1. The van der Waals surface area contributed by atoms with Crippen LogP contribution in [0.15, 0.2) is 60.7 Å². The standard InChI is InChI=1S/C19H17NO2S/c1-21-15-9-10-17(19(20)23)18(11-15)22-12-14-7-4-6-13-5-2-3-8-16(13)14/h2-11H,12H2,1H3,(H2,20,23). The first-order valence-corrected chi connectivity index (χ1v) is 7.67. The van der Waals surface area contributed by atoms with Crippen molar-refractivity contribution in [3.05, 3.63) is 71.8 Å². The Bertz CT molecular complexity index is 856. The van der Waals surface area contributed by atoms with Gasteiger partial charge in [-0.3, -0.25) is 0 Å². The van der Waals surface area contributed by atoms with E-state index in [2.05, 4.69) is 24.3 Å². The van der Waals surface area contributed by atoms with Gasteiger partial charge in [0.15, 0.2) is 0 Å². The van der Waals surface area contributed by atoms with Gasteiger partial charge in [0.1, 0.15) is 23.1 Å². The highest BCUT2D eigenvalue weighted by molar-refractivity contribution is 7.80. The van der Waals surface area contributed by atoms with Gasteiger partial charge in [-0.2, -0.15) is 0 Å². The van der Waals surface area contributed by atoms with Crippen LogP contribution in [0.4, 0.5) is 0 Å². The van der Waals surface area contributed by atoms with Crippen LogP contribution in [0.2, 0.25) is 0 Å². The van der Waals surface area contributed by atoms with E-state index in [-0.39, 0.29) is 0 Å². The summed E-state index contributed by atoms with van der Waals surface area (Å²) in [6.45, 7) is 0.435. The second-order valence-electron chi connectivity index (χ2n) is 5.15. The topological polar surface area (TPSA) is 44.5 Å². The van der Waals surface area contributed by atoms with E-state index in [1.807, 2.05) is 30.3 Å². The summed E-state index contributed by atoms with van der Waals surface area (Å²) in [6.07, 6.45) is 0. The Balaban J connectivity index is 1.92. The zero-order chi connectivity index (χ0) is 16.2. The molecule has 0 amide bonds. The van der Waals surface area contributed by atoms with E-state index >= 15 is 0 Å². The van der Waals surface area contributed by atoms with Crippen molar-refractivity contribution in [1.29, 1.82) is 0 Å². The van der Waals surface area contributed by atoms with Crippen molar-refractivity contribution in [3.8, 4) is 11.5 Å². The Morgan fingerprint density at radius 1 is 1.04 bits per heavy atom. The van der Waals surface area contributed by atoms with Gasteiger partial charge >= 0.3 is 0 Å². The summed E-state index contributed by atoms with van der Waals surface area (Å²) in [4.78, 5) is 0.306. The van der Waals surface area contributed by atoms with Crippen LogP contribution in [0, 0.1) is 0 Å². The van der Waals surface area contributed by atoms with Gasteiger partial charge in [-0.25, -0.2) is 0 Å². The van der Waals surface area contributed by atoms with Gasteiger partial charge in [0.25, 0.3) is 0 Å². The van der Waals surface area contributed by atoms with E-state index in [4.69, 9.17) is 27.4 Å². The second-order valence-corrected chi connectivity index (χ2v) is 5.59. The molecule has 0 atom stereocenters. The maximum absolute atomic E-state index is 5.99. The van der Waals surface area contributed by atoms with Gasteiger partial charge in [-0.15, -0.1) is 0 Å². The van der Waals surface area contributed by atoms with Crippen molar-refractivity contribution in [3.63, 3.8) is 0 Å². The fraction of sp³-hybridized carbons (Fsp3) is 0.105. The first kappa shape index (κ1) is 15.3. The highest BCUT2D eigenvalue weighted by atomic mass is 32.1. The van der Waals surface area contributed by atoms with E-state index in [9.17, 15) is 0 Å². The Labute approximate surface area is 140 Å². The lowest BCUT2D eigenvalue weighted by molar-refractivity contribution is 0.304. The van der Waals surface area contributed by atoms with Gasteiger partial charge < -0.3 is 15.2 Å². The van der Waals surface area contributed by atoms with Crippen LogP contribution in [-0.2, 0) is 6.61 Å². The fourth-order valence-electron chi connectivity index (χ4n) is 2.53. The number of nitrogens with two attached hydrogens (primary N) is 1. The Kier molecular flexibility index (Phi) is 4.44. The Hall–Kier alpha value is -2.59. The summed E-state index contributed by atoms with van der Waals surface area (Å²) >= 11 is 5.09. The first-order chi connectivity index (χ1) is 11.2. The number of thiocarbonyl (C=S) groups is 1. The van der Waals surface area contributed by atoms with Crippen molar-refractivity contribution in [1.82, 2.24) is 0 Å². The Morgan fingerprint density at radius 3 is 2.61 bits per heavy atom. The minimum Gasteiger partial charge on any atom is -0.497 e. The van der Waals surface area contributed by atoms with Gasteiger partial charge in [0, 0.05) is 6.07 Å². The van der Waals surface area contributed by atoms with Crippen LogP contribution < -0.4 is 15.2 Å². The number of methoxy groups -OCH3 is 1. The summed E-state index contributed by atoms with van der Waals surface area (Å²) in [6, 6.07) is 19.9. The van der Waals surface area contributed by atoms with Crippen LogP contribution >= 0.6 is 12.2 Å². The molecular weight excluding hydrogens is 306 g/mol. The van der Waals surface area contributed by atoms with Crippen LogP contribution in [0.25, 0.3) is 10.8 Å². The van der Waals surface area contributed by atoms with Crippen molar-refractivity contribution in [2.24, 2.45) is 5.73 Å². The molecule has 3 nitrogen and oxygen atoms in total. The average Bonchev–Trinajstić information content (AvgIpc) is 2.59. The third kappa shape index (κ3) is 3.27. The summed E-state index contributed by atoms with van der Waals surface area (Å²) in [5.41, 5.74) is 7.60. The summed E-state index contributed by atoms with van der Waals surface area (Å²) in [5.74, 6) is 1.34. The van der Waals surface area contributed by atoms with Crippen molar-refractivity contribution < 1.29 is 9.47 Å². The molecule has 0 saturated heterocycles. The molecule has 2 N–H and O–H groups in total. The van der Waals surface area contributed by atoms with Crippen LogP contribution in [0.5, 0.6) is 11.5 Å². The average molecular weight is 323 g/mol. The zero-order valence-corrected chi connectivity index (χ0v) is 13.6. The quantitative estimate of drug-likeness (QED) is 0.719. The zero-order valence-electron chi connectivity index (χ0n) is 12.8. The number of ether oxygens (including phenoxy) is 2. The van der Waals surface area contributed by atoms with Gasteiger partial charge in [0.2, 0.25) is 0 Å². The lowest BCUT2D eigenvalue weighted by Gasteiger charge is -2.13. The number of benzene rings is 3. The van der Waals surface area contributed by atoms with E-state index in [0.29, 0.717) is 28.7 Å². The molecule has 0 unspecified atom stereocenters. The smallest absolute Gasteiger partial charge is 0.133 e. The molecule has 0 aliphatic heterocycles. The van der Waals surface area contributed by atoms with Crippen molar-refractivity contribution >= 4 is 28.0 Å². The molecule has 0 heterocycles. The minimum absolute atomic E-state index is 0.306. The molecule has 0 saturated carbocycles. The molecule has 0 bridgehead atoms. The van der Waals surface area contributed by atoms with Crippen molar-refractivity contribution in [2.75, 3.05) is 7.11 Å². The molecule has 3 rings (SSSR count). The molecular formula is C19H17NO2S. The van der Waals surface area contributed by atoms with Gasteiger partial charge in [0.05, 0.1) is 12.7 Å². The fourth-order valence-corrected chi connectivity index (χ4v) is 2.70. The SMILES string of the molecule is COc1ccc(C(N)=S)c(OCc2cccc3ccccc23)c1. The maximum Gasteiger partial charge on any atom is 0.133 e. The summed E-state index contributed by atoms with van der Waals surface area (Å²) < 4.78 is 11.2.